The maximum Gasteiger partial charge on any atom is 0.401 e. The van der Waals surface area contributed by atoms with Gasteiger partial charge in [0.15, 0.2) is 5.96 Å². The Balaban J connectivity index is 1.70. The first-order chi connectivity index (χ1) is 13.3. The number of hydrogen-bond donors (Lipinski definition) is 2. The highest BCUT2D eigenvalue weighted by atomic mass is 19.4. The SMILES string of the molecule is CCNC(=NCC1CN(C)CCN1C)NCCC1CCN(CC(F)(F)F)CC1. The van der Waals surface area contributed by atoms with Crippen LogP contribution >= 0.6 is 0 Å². The Morgan fingerprint density at radius 3 is 2.43 bits per heavy atom. The van der Waals surface area contributed by atoms with Crippen LogP contribution in [0.3, 0.4) is 0 Å². The van der Waals surface area contributed by atoms with E-state index in [1.165, 1.54) is 4.90 Å². The molecule has 164 valence electrons. The normalized spacial score (nSPS) is 24.5. The first-order valence-electron chi connectivity index (χ1n) is 10.5. The van der Waals surface area contributed by atoms with E-state index in [2.05, 4.69) is 34.5 Å². The fourth-order valence-electron chi connectivity index (χ4n) is 3.92. The molecule has 2 aliphatic rings. The Labute approximate surface area is 167 Å². The van der Waals surface area contributed by atoms with E-state index in [1.54, 1.807) is 0 Å². The molecule has 28 heavy (non-hydrogen) atoms. The number of piperidine rings is 1. The van der Waals surface area contributed by atoms with E-state index < -0.39 is 12.7 Å². The molecule has 2 rings (SSSR count). The monoisotopic (exact) mass is 406 g/mol. The minimum absolute atomic E-state index is 0.423. The van der Waals surface area contributed by atoms with Crippen LogP contribution in [0.4, 0.5) is 13.2 Å². The Kier molecular flexibility index (Phi) is 9.30. The second-order valence-electron chi connectivity index (χ2n) is 8.17. The summed E-state index contributed by atoms with van der Waals surface area (Å²) in [7, 11) is 4.30. The van der Waals surface area contributed by atoms with Crippen molar-refractivity contribution >= 4 is 5.96 Å². The van der Waals surface area contributed by atoms with Gasteiger partial charge in [-0.3, -0.25) is 14.8 Å². The van der Waals surface area contributed by atoms with Crippen molar-refractivity contribution in [3.63, 3.8) is 0 Å². The molecule has 2 heterocycles. The molecule has 2 N–H and O–H groups in total. The van der Waals surface area contributed by atoms with Crippen molar-refractivity contribution in [3.8, 4) is 0 Å². The number of alkyl halides is 3. The summed E-state index contributed by atoms with van der Waals surface area (Å²) in [6.45, 7) is 7.90. The molecule has 1 atom stereocenters. The van der Waals surface area contributed by atoms with Crippen LogP contribution < -0.4 is 10.6 Å². The third kappa shape index (κ3) is 8.53. The standard InChI is InChI=1S/C19H37F3N6/c1-4-23-18(25-13-17-14-26(2)11-12-27(17)3)24-8-5-16-6-9-28(10-7-16)15-19(20,21)22/h16-17H,4-15H2,1-3H3,(H2,23,24,25). The minimum atomic E-state index is -4.09. The molecule has 2 fully saturated rings. The molecule has 0 amide bonds. The molecule has 0 aromatic carbocycles. The Hall–Kier alpha value is -1.06. The van der Waals surface area contributed by atoms with Crippen molar-refractivity contribution in [3.05, 3.63) is 0 Å². The third-order valence-electron chi connectivity index (χ3n) is 5.74. The van der Waals surface area contributed by atoms with E-state index in [9.17, 15) is 13.2 Å². The molecule has 6 nitrogen and oxygen atoms in total. The fourth-order valence-corrected chi connectivity index (χ4v) is 3.92. The second-order valence-corrected chi connectivity index (χ2v) is 8.17. The number of likely N-dealkylation sites (N-methyl/N-ethyl adjacent to an activating group) is 2. The lowest BCUT2D eigenvalue weighted by Crippen LogP contribution is -2.51. The van der Waals surface area contributed by atoms with Crippen LogP contribution in [0.1, 0.15) is 26.2 Å². The number of nitrogens with one attached hydrogen (secondary N) is 2. The molecule has 0 saturated carbocycles. The van der Waals surface area contributed by atoms with Crippen LogP contribution in [0.25, 0.3) is 0 Å². The molecular weight excluding hydrogens is 369 g/mol. The van der Waals surface area contributed by atoms with E-state index in [0.29, 0.717) is 25.0 Å². The highest BCUT2D eigenvalue weighted by Gasteiger charge is 2.32. The summed E-state index contributed by atoms with van der Waals surface area (Å²) >= 11 is 0. The lowest BCUT2D eigenvalue weighted by molar-refractivity contribution is -0.148. The van der Waals surface area contributed by atoms with Gasteiger partial charge in [-0.25, -0.2) is 0 Å². The fraction of sp³-hybridized carbons (Fsp3) is 0.947. The zero-order valence-corrected chi connectivity index (χ0v) is 17.6. The molecule has 2 aliphatic heterocycles. The second kappa shape index (κ2) is 11.2. The molecule has 1 unspecified atom stereocenters. The van der Waals surface area contributed by atoms with Gasteiger partial charge < -0.3 is 15.5 Å². The highest BCUT2D eigenvalue weighted by molar-refractivity contribution is 5.79. The van der Waals surface area contributed by atoms with E-state index in [1.807, 2.05) is 6.92 Å². The summed E-state index contributed by atoms with van der Waals surface area (Å²) in [5.74, 6) is 1.32. The van der Waals surface area contributed by atoms with Crippen molar-refractivity contribution in [1.29, 1.82) is 0 Å². The van der Waals surface area contributed by atoms with Gasteiger partial charge in [-0.1, -0.05) is 0 Å². The number of halogens is 3. The van der Waals surface area contributed by atoms with Crippen molar-refractivity contribution in [2.75, 3.05) is 73.0 Å². The Morgan fingerprint density at radius 2 is 1.79 bits per heavy atom. The first-order valence-corrected chi connectivity index (χ1v) is 10.5. The van der Waals surface area contributed by atoms with Crippen LogP contribution in [-0.4, -0.2) is 106 Å². The Bertz CT molecular complexity index is 477. The average molecular weight is 407 g/mol. The molecule has 2 saturated heterocycles. The highest BCUT2D eigenvalue weighted by Crippen LogP contribution is 2.23. The predicted molar refractivity (Wildman–Crippen MR) is 108 cm³/mol. The predicted octanol–water partition coefficient (Wildman–Crippen LogP) is 1.45. The average Bonchev–Trinajstić information content (AvgIpc) is 2.62. The smallest absolute Gasteiger partial charge is 0.357 e. The number of piperazine rings is 1. The van der Waals surface area contributed by atoms with Crippen LogP contribution in [-0.2, 0) is 0 Å². The molecule has 9 heteroatoms. The van der Waals surface area contributed by atoms with Crippen molar-refractivity contribution in [2.45, 2.75) is 38.4 Å². The van der Waals surface area contributed by atoms with Crippen LogP contribution in [0.5, 0.6) is 0 Å². The Morgan fingerprint density at radius 1 is 1.07 bits per heavy atom. The van der Waals surface area contributed by atoms with Gasteiger partial charge in [-0.2, -0.15) is 13.2 Å². The van der Waals surface area contributed by atoms with E-state index in [4.69, 9.17) is 4.99 Å². The molecule has 0 radical (unpaired) electrons. The van der Waals surface area contributed by atoms with Gasteiger partial charge in [0.1, 0.15) is 0 Å². The van der Waals surface area contributed by atoms with Gasteiger partial charge in [0.05, 0.1) is 13.1 Å². The largest absolute Gasteiger partial charge is 0.401 e. The van der Waals surface area contributed by atoms with Gasteiger partial charge in [-0.05, 0) is 59.3 Å². The van der Waals surface area contributed by atoms with Crippen molar-refractivity contribution in [1.82, 2.24) is 25.3 Å². The summed E-state index contributed by atoms with van der Waals surface area (Å²) < 4.78 is 37.4. The summed E-state index contributed by atoms with van der Waals surface area (Å²) in [6.07, 6.45) is -1.45. The molecule has 0 aromatic heterocycles. The summed E-state index contributed by atoms with van der Waals surface area (Å²) in [5, 5.41) is 6.69. The topological polar surface area (TPSA) is 46.1 Å². The number of nitrogens with zero attached hydrogens (tertiary/aromatic N) is 4. The van der Waals surface area contributed by atoms with Gasteiger partial charge in [0, 0.05) is 38.8 Å². The molecular formula is C19H37F3N6. The van der Waals surface area contributed by atoms with Crippen LogP contribution in [0, 0.1) is 5.92 Å². The van der Waals surface area contributed by atoms with Gasteiger partial charge >= 0.3 is 6.18 Å². The summed E-state index contributed by atoms with van der Waals surface area (Å²) in [4.78, 5) is 11.0. The maximum atomic E-state index is 12.5. The summed E-state index contributed by atoms with van der Waals surface area (Å²) in [6, 6.07) is 0.423. The third-order valence-corrected chi connectivity index (χ3v) is 5.74. The molecule has 0 bridgehead atoms. The van der Waals surface area contributed by atoms with Crippen LogP contribution in [0.2, 0.25) is 0 Å². The number of hydrogen-bond acceptors (Lipinski definition) is 4. The van der Waals surface area contributed by atoms with E-state index >= 15 is 0 Å². The lowest BCUT2D eigenvalue weighted by atomic mass is 9.93. The van der Waals surface area contributed by atoms with Crippen molar-refractivity contribution < 1.29 is 13.2 Å². The van der Waals surface area contributed by atoms with Crippen LogP contribution in [0.15, 0.2) is 4.99 Å². The number of aliphatic imine (C=N–C) groups is 1. The van der Waals surface area contributed by atoms with Gasteiger partial charge in [0.25, 0.3) is 0 Å². The zero-order chi connectivity index (χ0) is 20.6. The zero-order valence-electron chi connectivity index (χ0n) is 17.6. The maximum absolute atomic E-state index is 12.5. The molecule has 0 spiro atoms. The van der Waals surface area contributed by atoms with Gasteiger partial charge in [0.2, 0.25) is 0 Å². The molecule has 0 aliphatic carbocycles. The van der Waals surface area contributed by atoms with Crippen molar-refractivity contribution in [2.24, 2.45) is 10.9 Å². The van der Waals surface area contributed by atoms with E-state index in [-0.39, 0.29) is 0 Å². The first kappa shape index (κ1) is 23.2. The summed E-state index contributed by atoms with van der Waals surface area (Å²) in [5.41, 5.74) is 0. The number of likely N-dealkylation sites (tertiary alicyclic amines) is 1. The lowest BCUT2D eigenvalue weighted by Gasteiger charge is -2.37. The molecule has 0 aromatic rings. The van der Waals surface area contributed by atoms with Gasteiger partial charge in [-0.15, -0.1) is 0 Å². The minimum Gasteiger partial charge on any atom is -0.357 e. The number of rotatable bonds is 7. The quantitative estimate of drug-likeness (QED) is 0.495. The van der Waals surface area contributed by atoms with E-state index in [0.717, 1.165) is 64.5 Å². The number of guanidine groups is 1.